The molecule has 0 atom stereocenters. The fourth-order valence-corrected chi connectivity index (χ4v) is 0. The van der Waals surface area contributed by atoms with Gasteiger partial charge in [0.2, 0.25) is 0 Å². The van der Waals surface area contributed by atoms with Crippen LogP contribution in [0.1, 0.15) is 0 Å². The Morgan fingerprint density at radius 1 is 0.800 bits per heavy atom. The van der Waals surface area contributed by atoms with Gasteiger partial charge in [-0.1, -0.05) is 0 Å². The first-order valence-electron chi connectivity index (χ1n) is 1.10. The van der Waals surface area contributed by atoms with Crippen LogP contribution in [0.2, 0.25) is 0 Å². The summed E-state index contributed by atoms with van der Waals surface area (Å²) in [5, 5.41) is 29.5. The Morgan fingerprint density at radius 2 is 0.800 bits per heavy atom. The maximum Gasteiger partial charge on any atom is 2.00 e. The first kappa shape index (κ1) is 22.4. The Morgan fingerprint density at radius 3 is 0.800 bits per heavy atom. The van der Waals surface area contributed by atoms with E-state index in [9.17, 15) is 0 Å². The zero-order chi connectivity index (χ0) is 7.15. The van der Waals surface area contributed by atoms with Crippen LogP contribution >= 0.6 is 0 Å². The molecule has 8 nitrogen and oxygen atoms in total. The minimum atomic E-state index is -1.75. The van der Waals surface area contributed by atoms with E-state index in [-0.39, 0.29) is 57.2 Å². The number of rotatable bonds is 0. The van der Waals surface area contributed by atoms with Crippen molar-refractivity contribution in [2.75, 3.05) is 0 Å². The van der Waals surface area contributed by atoms with Crippen LogP contribution in [0.15, 0.2) is 0 Å². The van der Waals surface area contributed by atoms with Gasteiger partial charge in [0, 0.05) is 0 Å². The Hall–Kier alpha value is 0.283. The van der Waals surface area contributed by atoms with Gasteiger partial charge in [-0.3, -0.25) is 0 Å². The summed E-state index contributed by atoms with van der Waals surface area (Å²) in [7, 11) is 0. The zero-order valence-electron chi connectivity index (χ0n) is 4.05. The average molecular weight is 231 g/mol. The summed E-state index contributed by atoms with van der Waals surface area (Å²) in [5.74, 6) is 0. The molecular weight excluding hydrogens is 229 g/mol. The van der Waals surface area contributed by atoms with Crippen molar-refractivity contribution in [3.05, 3.63) is 30.6 Å². The number of hydrogen-bond donors (Lipinski definition) is 0. The van der Waals surface area contributed by atoms with E-state index in [0.29, 0.717) is 0 Å². The van der Waals surface area contributed by atoms with E-state index in [2.05, 4.69) is 0 Å². The second-order valence-electron chi connectivity index (χ2n) is 0.447. The van der Waals surface area contributed by atoms with Crippen molar-refractivity contribution < 1.29 is 29.7 Å². The maximum atomic E-state index is 8.25. The molecule has 0 aliphatic rings. The van der Waals surface area contributed by atoms with Crippen LogP contribution in [0.5, 0.6) is 0 Å². The Labute approximate surface area is 97.2 Å². The van der Waals surface area contributed by atoms with Crippen molar-refractivity contribution in [1.82, 2.24) is 0 Å². The molecule has 0 aromatic carbocycles. The van der Waals surface area contributed by atoms with Gasteiger partial charge >= 0.3 is 57.2 Å². The van der Waals surface area contributed by atoms with Crippen LogP contribution in [-0.4, -0.2) is 47.9 Å². The predicted molar refractivity (Wildman–Crippen MR) is 29.3 cm³/mol. The van der Waals surface area contributed by atoms with Gasteiger partial charge in [0.25, 0.3) is 0 Å². The minimum Gasteiger partial charge on any atom is 2.00 e. The first-order chi connectivity index (χ1) is 3.46. The third kappa shape index (κ3) is 5480. The molecule has 0 spiro atoms. The zero-order valence-corrected chi connectivity index (χ0v) is 7.02. The Kier molecular flexibility index (Phi) is 36.2. The molecule has 0 amide bonds. The van der Waals surface area contributed by atoms with Crippen LogP contribution in [0, 0.1) is 30.6 Å². The molecule has 0 aliphatic carbocycles. The van der Waals surface area contributed by atoms with Crippen molar-refractivity contribution in [3.8, 4) is 0 Å². The summed E-state index contributed by atoms with van der Waals surface area (Å²) >= 11 is 0. The molecule has 0 aliphatic heterocycles. The van der Waals surface area contributed by atoms with Gasteiger partial charge in [0.15, 0.2) is 0 Å². The maximum absolute atomic E-state index is 8.25. The summed E-state index contributed by atoms with van der Waals surface area (Å²) in [6.07, 6.45) is 0. The third-order valence-corrected chi connectivity index (χ3v) is 0. The van der Waals surface area contributed by atoms with Gasteiger partial charge in [-0.15, -0.1) is 0 Å². The fraction of sp³-hybridized carbons (Fsp3) is 0. The van der Waals surface area contributed by atoms with Crippen molar-refractivity contribution in [2.24, 2.45) is 0 Å². The molecule has 0 bridgehead atoms. The molecule has 0 saturated carbocycles. The van der Waals surface area contributed by atoms with E-state index in [0.717, 1.165) is 0 Å². The van der Waals surface area contributed by atoms with Crippen LogP contribution in [0.3, 0.4) is 0 Å². The van der Waals surface area contributed by atoms with Gasteiger partial charge in [-0.2, -0.15) is 0 Å². The van der Waals surface area contributed by atoms with Gasteiger partial charge in [-0.25, -0.2) is 0 Å². The van der Waals surface area contributed by atoms with Gasteiger partial charge in [0.1, 0.15) is 0 Å². The SMILES string of the molecule is O=[N+]([O-])[O-].O=[N+]([O-])[O-].[CaH2].[Zn+2]. The van der Waals surface area contributed by atoms with Gasteiger partial charge in [-0.05, 0) is 0 Å². The molecule has 0 rings (SSSR count). The second kappa shape index (κ2) is 16.1. The summed E-state index contributed by atoms with van der Waals surface area (Å²) < 4.78 is 0. The second-order valence-corrected chi connectivity index (χ2v) is 0.447. The monoisotopic (exact) mass is 230 g/mol. The largest absolute Gasteiger partial charge is 2.00 e. The van der Waals surface area contributed by atoms with Gasteiger partial charge in [0.05, 0.1) is 10.2 Å². The van der Waals surface area contributed by atoms with Crippen LogP contribution < -0.4 is 0 Å². The van der Waals surface area contributed by atoms with E-state index in [1.807, 2.05) is 0 Å². The molecule has 10 heavy (non-hydrogen) atoms. The van der Waals surface area contributed by atoms with Crippen molar-refractivity contribution in [2.45, 2.75) is 0 Å². The molecule has 0 saturated heterocycles. The molecule has 0 unspecified atom stereocenters. The molecule has 0 radical (unpaired) electrons. The smallest absolute Gasteiger partial charge is 2.00 e. The molecule has 0 heterocycles. The summed E-state index contributed by atoms with van der Waals surface area (Å²) in [5.41, 5.74) is 0. The third-order valence-electron chi connectivity index (χ3n) is 0. The molecular formula is H2CaN2O6Zn. The Bertz CT molecular complexity index is 73.7. The molecule has 0 aromatic heterocycles. The standard InChI is InChI=1S/Ca.2NO3.Zn.2H/c;2*2-1(3)4;;;/q;2*-1;+2;;. The van der Waals surface area contributed by atoms with E-state index in [1.165, 1.54) is 0 Å². The molecule has 52 valence electrons. The summed E-state index contributed by atoms with van der Waals surface area (Å²) in [6.45, 7) is 0. The Balaban J connectivity index is -0.0000000300. The topological polar surface area (TPSA) is 132 Å². The minimum absolute atomic E-state index is 0. The van der Waals surface area contributed by atoms with Crippen molar-refractivity contribution in [1.29, 1.82) is 0 Å². The fourth-order valence-electron chi connectivity index (χ4n) is 0. The van der Waals surface area contributed by atoms with E-state index >= 15 is 0 Å². The molecule has 10 heteroatoms. The number of nitrogens with zero attached hydrogens (tertiary/aromatic N) is 2. The normalized spacial score (nSPS) is 4.80. The summed E-state index contributed by atoms with van der Waals surface area (Å²) in [4.78, 5) is 16.5. The van der Waals surface area contributed by atoms with E-state index in [4.69, 9.17) is 30.6 Å². The van der Waals surface area contributed by atoms with E-state index in [1.54, 1.807) is 0 Å². The number of hydrogen-bond acceptors (Lipinski definition) is 6. The molecule has 0 N–H and O–H groups in total. The van der Waals surface area contributed by atoms with Crippen LogP contribution in [0.4, 0.5) is 0 Å². The molecule has 0 aromatic rings. The van der Waals surface area contributed by atoms with Crippen LogP contribution in [0.25, 0.3) is 0 Å². The average Bonchev–Trinajstić information content (AvgIpc) is 1.25. The summed E-state index contributed by atoms with van der Waals surface area (Å²) in [6, 6.07) is 0. The van der Waals surface area contributed by atoms with Gasteiger partial charge < -0.3 is 30.6 Å². The quantitative estimate of drug-likeness (QED) is 0.286. The van der Waals surface area contributed by atoms with Crippen molar-refractivity contribution in [3.63, 3.8) is 0 Å². The van der Waals surface area contributed by atoms with E-state index < -0.39 is 10.2 Å². The predicted octanol–water partition coefficient (Wildman–Crippen LogP) is -1.40. The first-order valence-corrected chi connectivity index (χ1v) is 1.10. The molecule has 0 fully saturated rings. The van der Waals surface area contributed by atoms with Crippen LogP contribution in [-0.2, 0) is 19.5 Å². The van der Waals surface area contributed by atoms with Crippen molar-refractivity contribution >= 4 is 37.7 Å².